The number of methoxy groups -OCH3 is 1. The molecule has 0 radical (unpaired) electrons. The van der Waals surface area contributed by atoms with Gasteiger partial charge in [-0.15, -0.1) is 0 Å². The number of hydrogen-bond acceptors (Lipinski definition) is 8. The van der Waals surface area contributed by atoms with E-state index >= 15 is 0 Å². The summed E-state index contributed by atoms with van der Waals surface area (Å²) < 4.78 is 15.9. The van der Waals surface area contributed by atoms with Crippen LogP contribution in [0.1, 0.15) is 25.3 Å². The van der Waals surface area contributed by atoms with Crippen molar-refractivity contribution in [1.29, 1.82) is 0 Å². The molecule has 0 saturated carbocycles. The first-order valence-corrected chi connectivity index (χ1v) is 9.44. The van der Waals surface area contributed by atoms with Gasteiger partial charge in [-0.2, -0.15) is 4.98 Å². The molecule has 0 aliphatic carbocycles. The Morgan fingerprint density at radius 1 is 1.30 bits per heavy atom. The molecule has 9 nitrogen and oxygen atoms in total. The van der Waals surface area contributed by atoms with Crippen molar-refractivity contribution < 1.29 is 23.6 Å². The molecule has 30 heavy (non-hydrogen) atoms. The van der Waals surface area contributed by atoms with Crippen molar-refractivity contribution in [2.24, 2.45) is 5.92 Å². The predicted molar refractivity (Wildman–Crippen MR) is 105 cm³/mol. The molecule has 1 fully saturated rings. The van der Waals surface area contributed by atoms with Gasteiger partial charge in [-0.25, -0.2) is 0 Å². The lowest BCUT2D eigenvalue weighted by Crippen LogP contribution is -2.26. The van der Waals surface area contributed by atoms with Gasteiger partial charge in [0.2, 0.25) is 11.7 Å². The number of carbonyl (C=O) groups excluding carboxylic acids is 2. The van der Waals surface area contributed by atoms with Crippen LogP contribution in [-0.4, -0.2) is 40.7 Å². The zero-order chi connectivity index (χ0) is 21.1. The van der Waals surface area contributed by atoms with E-state index in [2.05, 4.69) is 15.1 Å². The SMILES string of the molecule is COc1cccc(N2CC(C(=O)OC(C)c3nc(-c4cccnc4)no3)CC2=O)c1. The maximum Gasteiger partial charge on any atom is 0.312 e. The fraction of sp³-hybridized carbons (Fsp3) is 0.286. The minimum absolute atomic E-state index is 0.0769. The predicted octanol–water partition coefficient (Wildman–Crippen LogP) is 2.80. The molecule has 2 atom stereocenters. The zero-order valence-corrected chi connectivity index (χ0v) is 16.5. The molecule has 3 heterocycles. The van der Waals surface area contributed by atoms with Gasteiger partial charge in [-0.1, -0.05) is 11.2 Å². The van der Waals surface area contributed by atoms with E-state index in [1.807, 2.05) is 0 Å². The van der Waals surface area contributed by atoms with Crippen LogP contribution in [0.5, 0.6) is 5.75 Å². The Labute approximate surface area is 172 Å². The average molecular weight is 408 g/mol. The van der Waals surface area contributed by atoms with Crippen molar-refractivity contribution in [2.75, 3.05) is 18.6 Å². The third-order valence-corrected chi connectivity index (χ3v) is 4.83. The molecule has 1 aliphatic rings. The second-order valence-electron chi connectivity index (χ2n) is 6.88. The highest BCUT2D eigenvalue weighted by atomic mass is 16.6. The quantitative estimate of drug-likeness (QED) is 0.573. The number of anilines is 1. The van der Waals surface area contributed by atoms with Crippen molar-refractivity contribution in [3.8, 4) is 17.1 Å². The van der Waals surface area contributed by atoms with Gasteiger partial charge in [0.05, 0.1) is 13.0 Å². The molecular formula is C21H20N4O5. The topological polar surface area (TPSA) is 108 Å². The third kappa shape index (κ3) is 4.00. The number of amides is 1. The molecule has 1 amide bonds. The van der Waals surface area contributed by atoms with Crippen LogP contribution in [0.15, 0.2) is 53.3 Å². The average Bonchev–Trinajstić information content (AvgIpc) is 3.42. The summed E-state index contributed by atoms with van der Waals surface area (Å²) in [5.41, 5.74) is 1.38. The van der Waals surface area contributed by atoms with Crippen LogP contribution in [0.25, 0.3) is 11.4 Å². The number of aromatic nitrogens is 3. The van der Waals surface area contributed by atoms with Crippen LogP contribution < -0.4 is 9.64 Å². The number of rotatable bonds is 6. The fourth-order valence-corrected chi connectivity index (χ4v) is 3.23. The van der Waals surface area contributed by atoms with Crippen molar-refractivity contribution >= 4 is 17.6 Å². The lowest BCUT2D eigenvalue weighted by molar-refractivity contribution is -0.154. The summed E-state index contributed by atoms with van der Waals surface area (Å²) in [6.45, 7) is 1.89. The zero-order valence-electron chi connectivity index (χ0n) is 16.5. The number of hydrogen-bond donors (Lipinski definition) is 0. The van der Waals surface area contributed by atoms with E-state index in [0.717, 1.165) is 0 Å². The number of ether oxygens (including phenoxy) is 2. The molecule has 1 aromatic carbocycles. The smallest absolute Gasteiger partial charge is 0.312 e. The molecular weight excluding hydrogens is 388 g/mol. The second kappa shape index (κ2) is 8.32. The van der Waals surface area contributed by atoms with Crippen molar-refractivity contribution in [3.63, 3.8) is 0 Å². The van der Waals surface area contributed by atoms with Crippen LogP contribution >= 0.6 is 0 Å². The summed E-state index contributed by atoms with van der Waals surface area (Å²) in [6.07, 6.45) is 2.60. The molecule has 2 unspecified atom stereocenters. The fourth-order valence-electron chi connectivity index (χ4n) is 3.23. The van der Waals surface area contributed by atoms with Crippen LogP contribution in [0, 0.1) is 5.92 Å². The summed E-state index contributed by atoms with van der Waals surface area (Å²) in [5.74, 6) is -0.0260. The minimum atomic E-state index is -0.739. The highest BCUT2D eigenvalue weighted by molar-refractivity contribution is 5.99. The highest BCUT2D eigenvalue weighted by Crippen LogP contribution is 2.29. The van der Waals surface area contributed by atoms with Crippen molar-refractivity contribution in [1.82, 2.24) is 15.1 Å². The normalized spacial score (nSPS) is 17.1. The number of esters is 1. The number of pyridine rings is 1. The van der Waals surface area contributed by atoms with E-state index in [-0.39, 0.29) is 24.8 Å². The summed E-state index contributed by atoms with van der Waals surface area (Å²) >= 11 is 0. The molecule has 154 valence electrons. The lowest BCUT2D eigenvalue weighted by Gasteiger charge is -2.17. The molecule has 1 saturated heterocycles. The van der Waals surface area contributed by atoms with E-state index in [9.17, 15) is 9.59 Å². The van der Waals surface area contributed by atoms with Crippen LogP contribution in [0.2, 0.25) is 0 Å². The van der Waals surface area contributed by atoms with E-state index in [1.54, 1.807) is 67.7 Å². The van der Waals surface area contributed by atoms with Gasteiger partial charge in [0.25, 0.3) is 5.89 Å². The van der Waals surface area contributed by atoms with Gasteiger partial charge in [0.15, 0.2) is 6.10 Å². The first-order valence-electron chi connectivity index (χ1n) is 9.44. The Bertz CT molecular complexity index is 1050. The van der Waals surface area contributed by atoms with E-state index < -0.39 is 18.0 Å². The standard InChI is InChI=1S/C21H20N4O5/c1-13(20-23-19(24-30-20)14-5-4-8-22-11-14)29-21(27)15-9-18(26)25(12-15)16-6-3-7-17(10-16)28-2/h3-8,10-11,13,15H,9,12H2,1-2H3. The maximum absolute atomic E-state index is 12.6. The van der Waals surface area contributed by atoms with Crippen molar-refractivity contribution in [2.45, 2.75) is 19.4 Å². The summed E-state index contributed by atoms with van der Waals surface area (Å²) in [4.78, 5) is 34.9. The minimum Gasteiger partial charge on any atom is -0.497 e. The maximum atomic E-state index is 12.6. The van der Waals surface area contributed by atoms with Gasteiger partial charge < -0.3 is 18.9 Å². The Hall–Kier alpha value is -3.75. The first-order chi connectivity index (χ1) is 14.5. The second-order valence-corrected chi connectivity index (χ2v) is 6.88. The first kappa shape index (κ1) is 19.6. The largest absolute Gasteiger partial charge is 0.497 e. The Kier molecular flexibility index (Phi) is 5.42. The number of nitrogens with zero attached hydrogens (tertiary/aromatic N) is 4. The molecule has 0 spiro atoms. The third-order valence-electron chi connectivity index (χ3n) is 4.83. The Morgan fingerprint density at radius 3 is 2.93 bits per heavy atom. The van der Waals surface area contributed by atoms with Gasteiger partial charge in [-0.05, 0) is 31.2 Å². The van der Waals surface area contributed by atoms with Crippen LogP contribution in [0.3, 0.4) is 0 Å². The highest BCUT2D eigenvalue weighted by Gasteiger charge is 2.37. The monoisotopic (exact) mass is 408 g/mol. The van der Waals surface area contributed by atoms with E-state index in [1.165, 1.54) is 0 Å². The van der Waals surface area contributed by atoms with Crippen LogP contribution in [0.4, 0.5) is 5.69 Å². The van der Waals surface area contributed by atoms with Gasteiger partial charge in [-0.3, -0.25) is 14.6 Å². The molecule has 3 aromatic rings. The van der Waals surface area contributed by atoms with Gasteiger partial charge in [0.1, 0.15) is 5.75 Å². The van der Waals surface area contributed by atoms with Gasteiger partial charge >= 0.3 is 5.97 Å². The molecule has 9 heteroatoms. The molecule has 1 aliphatic heterocycles. The molecule has 2 aromatic heterocycles. The summed E-state index contributed by atoms with van der Waals surface area (Å²) in [6, 6.07) is 10.7. The van der Waals surface area contributed by atoms with E-state index in [0.29, 0.717) is 22.8 Å². The Balaban J connectivity index is 1.40. The Morgan fingerprint density at radius 2 is 2.17 bits per heavy atom. The van der Waals surface area contributed by atoms with Gasteiger partial charge in [0, 0.05) is 42.7 Å². The lowest BCUT2D eigenvalue weighted by atomic mass is 10.1. The number of carbonyl (C=O) groups is 2. The molecule has 4 rings (SSSR count). The van der Waals surface area contributed by atoms with E-state index in [4.69, 9.17) is 14.0 Å². The van der Waals surface area contributed by atoms with Crippen LogP contribution in [-0.2, 0) is 14.3 Å². The molecule has 0 bridgehead atoms. The number of benzene rings is 1. The summed E-state index contributed by atoms with van der Waals surface area (Å²) in [7, 11) is 1.56. The van der Waals surface area contributed by atoms with Crippen molar-refractivity contribution in [3.05, 3.63) is 54.7 Å². The molecule has 0 N–H and O–H groups in total. The summed E-state index contributed by atoms with van der Waals surface area (Å²) in [5, 5.41) is 3.90.